The van der Waals surface area contributed by atoms with Crippen molar-refractivity contribution in [3.8, 4) is 5.75 Å². The summed E-state index contributed by atoms with van der Waals surface area (Å²) in [5, 5.41) is 10.3. The Morgan fingerprint density at radius 1 is 1.12 bits per heavy atom. The van der Waals surface area contributed by atoms with Crippen LogP contribution in [-0.4, -0.2) is 56.6 Å². The molecule has 1 aromatic rings. The molecule has 2 aliphatic rings. The van der Waals surface area contributed by atoms with E-state index in [1.54, 1.807) is 0 Å². The Kier molecular flexibility index (Phi) is 6.52. The van der Waals surface area contributed by atoms with E-state index in [4.69, 9.17) is 4.74 Å². The van der Waals surface area contributed by atoms with E-state index in [1.165, 1.54) is 68.7 Å². The predicted octanol–water partition coefficient (Wildman–Crippen LogP) is -0.149. The molecule has 0 bridgehead atoms. The van der Waals surface area contributed by atoms with E-state index in [-0.39, 0.29) is 6.10 Å². The zero-order valence-corrected chi connectivity index (χ0v) is 15.1. The summed E-state index contributed by atoms with van der Waals surface area (Å²) in [4.78, 5) is 3.36. The molecule has 0 radical (unpaired) electrons. The number of piperazine rings is 1. The minimum absolute atomic E-state index is 0.378. The van der Waals surface area contributed by atoms with Crippen molar-refractivity contribution in [3.63, 3.8) is 0 Å². The lowest BCUT2D eigenvalue weighted by Gasteiger charge is -2.36. The fourth-order valence-electron chi connectivity index (χ4n) is 4.34. The van der Waals surface area contributed by atoms with Gasteiger partial charge in [-0.05, 0) is 50.3 Å². The Labute approximate surface area is 146 Å². The first-order valence-corrected chi connectivity index (χ1v) is 9.76. The van der Waals surface area contributed by atoms with Gasteiger partial charge < -0.3 is 19.6 Å². The number of rotatable bonds is 6. The van der Waals surface area contributed by atoms with Crippen molar-refractivity contribution in [1.82, 2.24) is 0 Å². The maximum atomic E-state index is 10.3. The lowest BCUT2D eigenvalue weighted by Crippen LogP contribution is -3.30. The summed E-state index contributed by atoms with van der Waals surface area (Å²) in [5.74, 6) is 0.857. The van der Waals surface area contributed by atoms with Gasteiger partial charge in [0.1, 0.15) is 51.2 Å². The number of aryl methyl sites for hydroxylation is 1. The highest BCUT2D eigenvalue weighted by atomic mass is 16.5. The molecule has 1 saturated heterocycles. The predicted molar refractivity (Wildman–Crippen MR) is 95.8 cm³/mol. The minimum Gasteiger partial charge on any atom is -0.491 e. The van der Waals surface area contributed by atoms with Crippen LogP contribution in [0.2, 0.25) is 0 Å². The van der Waals surface area contributed by atoms with Crippen molar-refractivity contribution >= 4 is 0 Å². The van der Waals surface area contributed by atoms with Crippen LogP contribution in [-0.2, 0) is 0 Å². The largest absolute Gasteiger partial charge is 0.491 e. The van der Waals surface area contributed by atoms with Gasteiger partial charge in [-0.1, -0.05) is 18.6 Å². The Balaban J connectivity index is 1.36. The molecule has 1 unspecified atom stereocenters. The van der Waals surface area contributed by atoms with Crippen LogP contribution in [0.15, 0.2) is 24.3 Å². The van der Waals surface area contributed by atoms with Gasteiger partial charge in [0.15, 0.2) is 0 Å². The lowest BCUT2D eigenvalue weighted by atomic mass is 9.94. The molecule has 1 atom stereocenters. The van der Waals surface area contributed by atoms with Crippen LogP contribution in [0.5, 0.6) is 5.75 Å². The number of hydrogen-bond acceptors (Lipinski definition) is 2. The molecule has 1 aromatic carbocycles. The molecule has 4 heteroatoms. The number of ether oxygens (including phenoxy) is 1. The van der Waals surface area contributed by atoms with Crippen molar-refractivity contribution in [1.29, 1.82) is 0 Å². The monoisotopic (exact) mass is 334 g/mol. The van der Waals surface area contributed by atoms with Gasteiger partial charge in [0.05, 0.1) is 6.04 Å². The Morgan fingerprint density at radius 3 is 2.58 bits per heavy atom. The molecule has 0 spiro atoms. The van der Waals surface area contributed by atoms with Gasteiger partial charge in [-0.15, -0.1) is 0 Å². The molecular formula is C20H34N2O2+2. The van der Waals surface area contributed by atoms with E-state index in [0.717, 1.165) is 18.3 Å². The first-order chi connectivity index (χ1) is 11.7. The molecule has 1 aliphatic heterocycles. The average molecular weight is 335 g/mol. The topological polar surface area (TPSA) is 38.3 Å². The van der Waals surface area contributed by atoms with Gasteiger partial charge in [-0.2, -0.15) is 0 Å². The summed E-state index contributed by atoms with van der Waals surface area (Å²) in [5.41, 5.74) is 1.19. The van der Waals surface area contributed by atoms with Crippen LogP contribution in [0.25, 0.3) is 0 Å². The van der Waals surface area contributed by atoms with Crippen molar-refractivity contribution in [2.24, 2.45) is 0 Å². The van der Waals surface area contributed by atoms with Gasteiger partial charge in [-0.25, -0.2) is 0 Å². The summed E-state index contributed by atoms with van der Waals surface area (Å²) in [6.07, 6.45) is 6.78. The average Bonchev–Trinajstić information content (AvgIpc) is 2.61. The third kappa shape index (κ3) is 5.20. The lowest BCUT2D eigenvalue weighted by molar-refractivity contribution is -1.02. The van der Waals surface area contributed by atoms with E-state index in [0.29, 0.717) is 6.61 Å². The molecule has 3 rings (SSSR count). The fourth-order valence-corrected chi connectivity index (χ4v) is 4.34. The third-order valence-corrected chi connectivity index (χ3v) is 5.74. The van der Waals surface area contributed by atoms with Crippen molar-refractivity contribution in [2.45, 2.75) is 51.2 Å². The first kappa shape index (κ1) is 17.7. The molecule has 0 amide bonds. The number of hydrogen-bond donors (Lipinski definition) is 3. The summed E-state index contributed by atoms with van der Waals surface area (Å²) < 4.78 is 5.74. The molecular weight excluding hydrogens is 300 g/mol. The first-order valence-electron chi connectivity index (χ1n) is 9.76. The molecule has 3 N–H and O–H groups in total. The van der Waals surface area contributed by atoms with Crippen LogP contribution in [0.3, 0.4) is 0 Å². The quantitative estimate of drug-likeness (QED) is 0.677. The van der Waals surface area contributed by atoms with E-state index in [2.05, 4.69) is 13.0 Å². The molecule has 1 heterocycles. The van der Waals surface area contributed by atoms with Gasteiger partial charge in [0.25, 0.3) is 0 Å². The van der Waals surface area contributed by atoms with Gasteiger partial charge >= 0.3 is 0 Å². The molecule has 0 aromatic heterocycles. The molecule has 134 valence electrons. The van der Waals surface area contributed by atoms with Crippen LogP contribution in [0, 0.1) is 6.92 Å². The highest BCUT2D eigenvalue weighted by Gasteiger charge is 2.31. The number of aliphatic hydroxyl groups is 1. The molecule has 2 fully saturated rings. The number of benzene rings is 1. The Hall–Kier alpha value is -1.10. The van der Waals surface area contributed by atoms with Gasteiger partial charge in [0.2, 0.25) is 0 Å². The number of aliphatic hydroxyl groups excluding tert-OH is 1. The fraction of sp³-hybridized carbons (Fsp3) is 0.700. The van der Waals surface area contributed by atoms with Crippen LogP contribution < -0.4 is 14.5 Å². The number of quaternary nitrogens is 2. The van der Waals surface area contributed by atoms with E-state index in [9.17, 15) is 5.11 Å². The summed E-state index contributed by atoms with van der Waals surface area (Å²) in [7, 11) is 0. The maximum Gasteiger partial charge on any atom is 0.137 e. The van der Waals surface area contributed by atoms with Gasteiger partial charge in [0, 0.05) is 0 Å². The van der Waals surface area contributed by atoms with Crippen molar-refractivity contribution in [2.75, 3.05) is 39.3 Å². The van der Waals surface area contributed by atoms with Crippen molar-refractivity contribution < 1.29 is 19.6 Å². The second kappa shape index (κ2) is 8.84. The molecule has 1 saturated carbocycles. The van der Waals surface area contributed by atoms with Crippen LogP contribution in [0.4, 0.5) is 0 Å². The molecule has 1 aliphatic carbocycles. The third-order valence-electron chi connectivity index (χ3n) is 5.74. The summed E-state index contributed by atoms with van der Waals surface area (Å²) in [6, 6.07) is 8.94. The van der Waals surface area contributed by atoms with Crippen molar-refractivity contribution in [3.05, 3.63) is 29.8 Å². The summed E-state index contributed by atoms with van der Waals surface area (Å²) >= 11 is 0. The second-order valence-electron chi connectivity index (χ2n) is 7.73. The van der Waals surface area contributed by atoms with E-state index >= 15 is 0 Å². The standard InChI is InChI=1S/C20H32N2O2/c1-17-6-5-9-20(14-17)24-16-19(23)15-21-10-12-22(13-11-21)18-7-3-2-4-8-18/h5-6,9,14,18-19,23H,2-4,7-8,10-13,15-16H2,1H3/p+2. The van der Waals surface area contributed by atoms with Crippen LogP contribution in [0.1, 0.15) is 37.7 Å². The summed E-state index contributed by atoms with van der Waals surface area (Å²) in [6.45, 7) is 8.18. The van der Waals surface area contributed by atoms with E-state index < -0.39 is 0 Å². The Morgan fingerprint density at radius 2 is 1.88 bits per heavy atom. The zero-order valence-electron chi connectivity index (χ0n) is 15.1. The smallest absolute Gasteiger partial charge is 0.137 e. The highest BCUT2D eigenvalue weighted by molar-refractivity contribution is 5.27. The second-order valence-corrected chi connectivity index (χ2v) is 7.73. The minimum atomic E-state index is -0.378. The van der Waals surface area contributed by atoms with E-state index in [1.807, 2.05) is 23.1 Å². The highest BCUT2D eigenvalue weighted by Crippen LogP contribution is 2.15. The molecule has 24 heavy (non-hydrogen) atoms. The zero-order chi connectivity index (χ0) is 16.8. The van der Waals surface area contributed by atoms with Gasteiger partial charge in [-0.3, -0.25) is 0 Å². The normalized spacial score (nSPS) is 26.9. The maximum absolute atomic E-state index is 10.3. The Bertz CT molecular complexity index is 494. The number of nitrogens with one attached hydrogen (secondary N) is 2. The van der Waals surface area contributed by atoms with Crippen LogP contribution >= 0.6 is 0 Å². The molecule has 4 nitrogen and oxygen atoms in total. The SMILES string of the molecule is Cc1cccc(OCC(O)C[NH+]2CC[NH+](C3CCCCC3)CC2)c1.